The minimum absolute atomic E-state index is 0.147. The van der Waals surface area contributed by atoms with Crippen molar-refractivity contribution >= 4 is 43.6 Å². The molecule has 0 aliphatic heterocycles. The van der Waals surface area contributed by atoms with Gasteiger partial charge >= 0.3 is 0 Å². The summed E-state index contributed by atoms with van der Waals surface area (Å²) in [5, 5.41) is 2.64. The van der Waals surface area contributed by atoms with Crippen LogP contribution in [0.2, 0.25) is 0 Å². The molecule has 5 nitrogen and oxygen atoms in total. The third-order valence-corrected chi connectivity index (χ3v) is 2.57. The Morgan fingerprint density at radius 2 is 2.31 bits per heavy atom. The number of anilines is 1. The summed E-state index contributed by atoms with van der Waals surface area (Å²) in [4.78, 5) is 19.5. The molecule has 16 heavy (non-hydrogen) atoms. The number of nitrogens with one attached hydrogen (secondary N) is 1. The Balaban J connectivity index is 2.49. The fraction of sp³-hybridized carbons (Fsp3) is 0.444. The highest BCUT2D eigenvalue weighted by Gasteiger charge is 2.08. The maximum Gasteiger partial charge on any atom is 0.227 e. The Morgan fingerprint density at radius 1 is 1.56 bits per heavy atom. The smallest absolute Gasteiger partial charge is 0.227 e. The lowest BCUT2D eigenvalue weighted by molar-refractivity contribution is -0.117. The molecule has 1 aromatic heterocycles. The monoisotopic (exact) mass is 351 g/mol. The minimum atomic E-state index is -0.147. The average molecular weight is 353 g/mol. The van der Waals surface area contributed by atoms with Gasteiger partial charge in [0.25, 0.3) is 0 Å². The molecule has 0 radical (unpaired) electrons. The van der Waals surface area contributed by atoms with E-state index in [1.807, 2.05) is 6.92 Å². The second-order valence-corrected chi connectivity index (χ2v) is 4.39. The fourth-order valence-electron chi connectivity index (χ4n) is 0.934. The molecule has 1 amide bonds. The summed E-state index contributed by atoms with van der Waals surface area (Å²) in [6.45, 7) is 2.90. The highest BCUT2D eigenvalue weighted by atomic mass is 79.9. The first-order valence-corrected chi connectivity index (χ1v) is 6.27. The van der Waals surface area contributed by atoms with Gasteiger partial charge in [-0.2, -0.15) is 0 Å². The number of carbonyl (C=O) groups is 1. The Labute approximate surface area is 110 Å². The molecule has 0 aromatic carbocycles. The van der Waals surface area contributed by atoms with E-state index in [1.165, 1.54) is 6.20 Å². The Kier molecular flexibility index (Phi) is 5.86. The molecule has 1 N–H and O–H groups in total. The summed E-state index contributed by atoms with van der Waals surface area (Å²) in [5.41, 5.74) is 0. The Hall–Kier alpha value is -0.530. The number of hydrogen-bond donors (Lipinski definition) is 1. The van der Waals surface area contributed by atoms with E-state index in [9.17, 15) is 4.79 Å². The molecule has 0 saturated carbocycles. The molecule has 1 aromatic rings. The molecule has 1 rings (SSSR count). The number of carbonyl (C=O) groups excluding carboxylic acids is 1. The van der Waals surface area contributed by atoms with Crippen molar-refractivity contribution in [2.45, 2.75) is 13.3 Å². The topological polar surface area (TPSA) is 64.1 Å². The van der Waals surface area contributed by atoms with E-state index in [2.05, 4.69) is 47.1 Å². The SMILES string of the molecule is CCOCCC(=O)Nc1ncc(Br)nc1Br. The average Bonchev–Trinajstić information content (AvgIpc) is 2.23. The zero-order valence-electron chi connectivity index (χ0n) is 8.67. The van der Waals surface area contributed by atoms with Gasteiger partial charge < -0.3 is 10.1 Å². The lowest BCUT2D eigenvalue weighted by Gasteiger charge is -2.05. The van der Waals surface area contributed by atoms with Crippen molar-refractivity contribution in [1.29, 1.82) is 0 Å². The van der Waals surface area contributed by atoms with Crippen molar-refractivity contribution in [3.8, 4) is 0 Å². The summed E-state index contributed by atoms with van der Waals surface area (Å²) in [6, 6.07) is 0. The largest absolute Gasteiger partial charge is 0.381 e. The molecule has 0 fully saturated rings. The van der Waals surface area contributed by atoms with Gasteiger partial charge in [-0.1, -0.05) is 0 Å². The van der Waals surface area contributed by atoms with Crippen molar-refractivity contribution in [1.82, 2.24) is 9.97 Å². The van der Waals surface area contributed by atoms with Crippen molar-refractivity contribution in [2.24, 2.45) is 0 Å². The van der Waals surface area contributed by atoms with Crippen LogP contribution in [0.15, 0.2) is 15.4 Å². The van der Waals surface area contributed by atoms with Crippen LogP contribution in [0.1, 0.15) is 13.3 Å². The van der Waals surface area contributed by atoms with Gasteiger partial charge in [0.2, 0.25) is 5.91 Å². The van der Waals surface area contributed by atoms with Gasteiger partial charge in [-0.15, -0.1) is 0 Å². The zero-order chi connectivity index (χ0) is 12.0. The van der Waals surface area contributed by atoms with Gasteiger partial charge in [-0.25, -0.2) is 9.97 Å². The zero-order valence-corrected chi connectivity index (χ0v) is 11.8. The second-order valence-electron chi connectivity index (χ2n) is 2.83. The van der Waals surface area contributed by atoms with E-state index < -0.39 is 0 Å². The standard InChI is InChI=1S/C9H11Br2N3O2/c1-2-16-4-3-7(15)14-9-8(11)13-6(10)5-12-9/h5H,2-4H2,1H3,(H,12,14,15). The summed E-state index contributed by atoms with van der Waals surface area (Å²) < 4.78 is 6.17. The van der Waals surface area contributed by atoms with Gasteiger partial charge in [0.05, 0.1) is 19.2 Å². The van der Waals surface area contributed by atoms with E-state index in [-0.39, 0.29) is 5.91 Å². The van der Waals surface area contributed by atoms with E-state index in [4.69, 9.17) is 4.74 Å². The van der Waals surface area contributed by atoms with Gasteiger partial charge in [0.1, 0.15) is 9.21 Å². The molecular weight excluding hydrogens is 342 g/mol. The van der Waals surface area contributed by atoms with E-state index >= 15 is 0 Å². The summed E-state index contributed by atoms with van der Waals surface area (Å²) in [6.07, 6.45) is 1.82. The molecule has 0 atom stereocenters. The van der Waals surface area contributed by atoms with Crippen molar-refractivity contribution in [3.63, 3.8) is 0 Å². The van der Waals surface area contributed by atoms with Crippen LogP contribution in [0.3, 0.4) is 0 Å². The van der Waals surface area contributed by atoms with Crippen LogP contribution < -0.4 is 5.32 Å². The Bertz CT molecular complexity index is 374. The van der Waals surface area contributed by atoms with E-state index in [1.54, 1.807) is 0 Å². The number of nitrogens with zero attached hydrogens (tertiary/aromatic N) is 2. The van der Waals surface area contributed by atoms with Crippen LogP contribution in [0.5, 0.6) is 0 Å². The molecule has 0 unspecified atom stereocenters. The number of aromatic nitrogens is 2. The highest BCUT2D eigenvalue weighted by Crippen LogP contribution is 2.19. The first-order chi connectivity index (χ1) is 7.63. The van der Waals surface area contributed by atoms with Crippen LogP contribution in [-0.4, -0.2) is 29.1 Å². The van der Waals surface area contributed by atoms with Crippen LogP contribution in [-0.2, 0) is 9.53 Å². The van der Waals surface area contributed by atoms with E-state index in [0.717, 1.165) is 0 Å². The first-order valence-electron chi connectivity index (χ1n) is 4.69. The molecule has 0 spiro atoms. The maximum atomic E-state index is 11.4. The molecule has 7 heteroatoms. The van der Waals surface area contributed by atoms with Gasteiger partial charge in [0, 0.05) is 6.61 Å². The predicted octanol–water partition coefficient (Wildman–Crippen LogP) is 2.37. The van der Waals surface area contributed by atoms with Crippen LogP contribution in [0.4, 0.5) is 5.82 Å². The molecule has 0 bridgehead atoms. The van der Waals surface area contributed by atoms with Crippen molar-refractivity contribution in [3.05, 3.63) is 15.4 Å². The third kappa shape index (κ3) is 4.54. The molecular formula is C9H11Br2N3O2. The van der Waals surface area contributed by atoms with Gasteiger partial charge in [0.15, 0.2) is 5.82 Å². The number of halogens is 2. The van der Waals surface area contributed by atoms with E-state index in [0.29, 0.717) is 34.7 Å². The minimum Gasteiger partial charge on any atom is -0.381 e. The van der Waals surface area contributed by atoms with Crippen molar-refractivity contribution < 1.29 is 9.53 Å². The number of ether oxygens (including phenoxy) is 1. The van der Waals surface area contributed by atoms with Crippen molar-refractivity contribution in [2.75, 3.05) is 18.5 Å². The highest BCUT2D eigenvalue weighted by molar-refractivity contribution is 9.11. The molecule has 1 heterocycles. The normalized spacial score (nSPS) is 10.2. The lowest BCUT2D eigenvalue weighted by Crippen LogP contribution is -2.15. The maximum absolute atomic E-state index is 11.4. The molecule has 0 saturated heterocycles. The quantitative estimate of drug-likeness (QED) is 0.826. The summed E-state index contributed by atoms with van der Waals surface area (Å²) >= 11 is 6.39. The fourth-order valence-corrected chi connectivity index (χ4v) is 1.84. The third-order valence-electron chi connectivity index (χ3n) is 1.64. The lowest BCUT2D eigenvalue weighted by atomic mass is 10.4. The second kappa shape index (κ2) is 6.93. The van der Waals surface area contributed by atoms with Crippen LogP contribution >= 0.6 is 31.9 Å². The molecule has 0 aliphatic carbocycles. The predicted molar refractivity (Wildman–Crippen MR) is 67.2 cm³/mol. The number of amides is 1. The molecule has 88 valence electrons. The number of hydrogen-bond acceptors (Lipinski definition) is 4. The summed E-state index contributed by atoms with van der Waals surface area (Å²) in [5.74, 6) is 0.260. The number of rotatable bonds is 5. The van der Waals surface area contributed by atoms with Gasteiger partial charge in [-0.05, 0) is 38.8 Å². The first kappa shape index (κ1) is 13.5. The Morgan fingerprint density at radius 3 is 2.94 bits per heavy atom. The molecule has 0 aliphatic rings. The van der Waals surface area contributed by atoms with Gasteiger partial charge in [-0.3, -0.25) is 4.79 Å². The van der Waals surface area contributed by atoms with Crippen LogP contribution in [0.25, 0.3) is 0 Å². The summed E-state index contributed by atoms with van der Waals surface area (Å²) in [7, 11) is 0. The van der Waals surface area contributed by atoms with Crippen LogP contribution in [0, 0.1) is 0 Å².